The second kappa shape index (κ2) is 10.0. The zero-order chi connectivity index (χ0) is 22.7. The molecule has 1 aliphatic rings. The molecular weight excluding hydrogens is 502 g/mol. The lowest BCUT2D eigenvalue weighted by atomic mass is 10.1. The van der Waals surface area contributed by atoms with Crippen LogP contribution < -0.4 is 10.1 Å². The van der Waals surface area contributed by atoms with E-state index in [4.69, 9.17) is 63.4 Å². The third-order valence-electron chi connectivity index (χ3n) is 4.20. The molecule has 0 aliphatic carbocycles. The number of hydrogen-bond acceptors (Lipinski definition) is 4. The predicted octanol–water partition coefficient (Wildman–Crippen LogP) is 5.69. The lowest BCUT2D eigenvalue weighted by Gasteiger charge is -2.27. The van der Waals surface area contributed by atoms with Crippen molar-refractivity contribution in [3.63, 3.8) is 0 Å². The van der Waals surface area contributed by atoms with Crippen molar-refractivity contribution in [2.24, 2.45) is 0 Å². The van der Waals surface area contributed by atoms with Crippen molar-refractivity contribution in [2.75, 3.05) is 6.54 Å². The molecule has 1 aliphatic heterocycles. The Hall–Kier alpha value is -2.09. The third-order valence-corrected chi connectivity index (χ3v) is 5.82. The first-order valence-corrected chi connectivity index (χ1v) is 10.7. The van der Waals surface area contributed by atoms with Gasteiger partial charge in [0, 0.05) is 6.54 Å². The zero-order valence-corrected chi connectivity index (χ0v) is 19.6. The maximum absolute atomic E-state index is 12.6. The summed E-state index contributed by atoms with van der Waals surface area (Å²) in [6.07, 6.45) is 2.89. The van der Waals surface area contributed by atoms with Crippen molar-refractivity contribution in [1.29, 1.82) is 0 Å². The van der Waals surface area contributed by atoms with Crippen LogP contribution in [0.25, 0.3) is 6.08 Å². The summed E-state index contributed by atoms with van der Waals surface area (Å²) in [5.74, 6) is -0.895. The molecule has 31 heavy (non-hydrogen) atoms. The molecule has 1 fully saturated rings. The quantitative estimate of drug-likeness (QED) is 0.232. The molecule has 0 radical (unpaired) electrons. The summed E-state index contributed by atoms with van der Waals surface area (Å²) in [6, 6.07) is 8.18. The molecule has 0 atom stereocenters. The summed E-state index contributed by atoms with van der Waals surface area (Å²) in [4.78, 5) is 26.1. The maximum atomic E-state index is 12.6. The molecule has 5 nitrogen and oxygen atoms in total. The Labute approximate surface area is 204 Å². The molecule has 160 valence electrons. The van der Waals surface area contributed by atoms with Crippen LogP contribution >= 0.6 is 58.6 Å². The van der Waals surface area contributed by atoms with Crippen LogP contribution in [0.15, 0.2) is 48.6 Å². The van der Waals surface area contributed by atoms with Crippen molar-refractivity contribution < 1.29 is 14.3 Å². The van der Waals surface area contributed by atoms with Gasteiger partial charge >= 0.3 is 0 Å². The average molecular weight is 516 g/mol. The van der Waals surface area contributed by atoms with Crippen molar-refractivity contribution >= 4 is 81.6 Å². The first-order chi connectivity index (χ1) is 14.7. The van der Waals surface area contributed by atoms with Crippen molar-refractivity contribution in [2.45, 2.75) is 6.61 Å². The fraction of sp³-hybridized carbons (Fsp3) is 0.0952. The van der Waals surface area contributed by atoms with Gasteiger partial charge in [-0.3, -0.25) is 19.8 Å². The van der Waals surface area contributed by atoms with Gasteiger partial charge in [-0.25, -0.2) is 0 Å². The highest BCUT2D eigenvalue weighted by Crippen LogP contribution is 2.36. The van der Waals surface area contributed by atoms with Gasteiger partial charge in [0.1, 0.15) is 12.2 Å². The van der Waals surface area contributed by atoms with Crippen molar-refractivity contribution in [1.82, 2.24) is 10.2 Å². The lowest BCUT2D eigenvalue weighted by Crippen LogP contribution is -2.53. The van der Waals surface area contributed by atoms with Gasteiger partial charge in [-0.2, -0.15) is 0 Å². The SMILES string of the molecule is C=CCN1C(=O)/C(=C/c2cc(Cl)c(OCc3ccc(Cl)c(Cl)c3)c(Cl)c2)C(=O)NC1=S. The molecule has 1 heterocycles. The normalized spacial score (nSPS) is 15.3. The van der Waals surface area contributed by atoms with E-state index in [0.717, 1.165) is 5.56 Å². The summed E-state index contributed by atoms with van der Waals surface area (Å²) in [5, 5.41) is 3.76. The van der Waals surface area contributed by atoms with Crippen LogP contribution in [0.1, 0.15) is 11.1 Å². The standard InChI is InChI=1S/C21H14Cl4N2O3S/c1-2-5-27-20(29)13(19(28)26-21(27)31)6-12-8-16(24)18(17(25)9-12)30-10-11-3-4-14(22)15(23)7-11/h2-4,6-9H,1,5,10H2,(H,26,28,31)/b13-6+. The van der Waals surface area contributed by atoms with Gasteiger partial charge in [0.25, 0.3) is 11.8 Å². The number of nitrogens with zero attached hydrogens (tertiary/aromatic N) is 1. The fourth-order valence-electron chi connectivity index (χ4n) is 2.74. The van der Waals surface area contributed by atoms with Crippen LogP contribution in [0.3, 0.4) is 0 Å². The Morgan fingerprint density at radius 2 is 1.71 bits per heavy atom. The van der Waals surface area contributed by atoms with E-state index < -0.39 is 11.8 Å². The maximum Gasteiger partial charge on any atom is 0.265 e. The van der Waals surface area contributed by atoms with Gasteiger partial charge < -0.3 is 4.74 Å². The fourth-order valence-corrected chi connectivity index (χ4v) is 3.93. The Kier molecular flexibility index (Phi) is 7.62. The molecule has 0 saturated carbocycles. The topological polar surface area (TPSA) is 58.6 Å². The van der Waals surface area contributed by atoms with Crippen molar-refractivity contribution in [3.8, 4) is 5.75 Å². The molecule has 1 saturated heterocycles. The van der Waals surface area contributed by atoms with Crippen LogP contribution in [0.4, 0.5) is 0 Å². The predicted molar refractivity (Wildman–Crippen MR) is 128 cm³/mol. The molecule has 2 aromatic rings. The minimum absolute atomic E-state index is 0.0224. The van der Waals surface area contributed by atoms with Crippen LogP contribution in [-0.2, 0) is 16.2 Å². The van der Waals surface area contributed by atoms with Gasteiger partial charge in [0.15, 0.2) is 10.9 Å². The van der Waals surface area contributed by atoms with E-state index in [1.807, 2.05) is 0 Å². The van der Waals surface area contributed by atoms with Gasteiger partial charge in [-0.05, 0) is 53.7 Å². The van der Waals surface area contributed by atoms with E-state index in [9.17, 15) is 9.59 Å². The number of hydrogen-bond donors (Lipinski definition) is 1. The van der Waals surface area contributed by atoms with Crippen LogP contribution in [-0.4, -0.2) is 28.4 Å². The Morgan fingerprint density at radius 1 is 1.03 bits per heavy atom. The number of carbonyl (C=O) groups is 2. The number of nitrogens with one attached hydrogen (secondary N) is 1. The summed E-state index contributed by atoms with van der Waals surface area (Å²) in [5.41, 5.74) is 1.12. The average Bonchev–Trinajstić information content (AvgIpc) is 2.70. The first kappa shape index (κ1) is 23.6. The molecule has 10 heteroatoms. The van der Waals surface area contributed by atoms with Gasteiger partial charge in [0.2, 0.25) is 0 Å². The molecular formula is C21H14Cl4N2O3S. The number of ether oxygens (including phenoxy) is 1. The van der Waals surface area contributed by atoms with Crippen molar-refractivity contribution in [3.05, 3.63) is 79.8 Å². The van der Waals surface area contributed by atoms with Crippen LogP contribution in [0, 0.1) is 0 Å². The number of carbonyl (C=O) groups excluding carboxylic acids is 2. The zero-order valence-electron chi connectivity index (χ0n) is 15.8. The van der Waals surface area contributed by atoms with E-state index in [0.29, 0.717) is 15.6 Å². The second-order valence-corrected chi connectivity index (χ2v) is 8.39. The highest BCUT2D eigenvalue weighted by atomic mass is 35.5. The van der Waals surface area contributed by atoms with Gasteiger partial charge in [-0.1, -0.05) is 58.5 Å². The molecule has 3 rings (SSSR count). The largest absolute Gasteiger partial charge is 0.486 e. The highest BCUT2D eigenvalue weighted by molar-refractivity contribution is 7.80. The smallest absolute Gasteiger partial charge is 0.265 e. The Morgan fingerprint density at radius 3 is 2.32 bits per heavy atom. The molecule has 1 N–H and O–H groups in total. The van der Waals surface area contributed by atoms with E-state index >= 15 is 0 Å². The number of halogens is 4. The monoisotopic (exact) mass is 514 g/mol. The van der Waals surface area contributed by atoms with E-state index in [-0.39, 0.29) is 39.6 Å². The van der Waals surface area contributed by atoms with Crippen LogP contribution in [0.5, 0.6) is 5.75 Å². The minimum atomic E-state index is -0.609. The van der Waals surface area contributed by atoms with Gasteiger partial charge in [0.05, 0.1) is 20.1 Å². The molecule has 0 aromatic heterocycles. The summed E-state index contributed by atoms with van der Waals surface area (Å²) < 4.78 is 5.73. The van der Waals surface area contributed by atoms with E-state index in [1.54, 1.807) is 18.2 Å². The first-order valence-electron chi connectivity index (χ1n) is 8.76. The molecule has 2 aromatic carbocycles. The van der Waals surface area contributed by atoms with Crippen LogP contribution in [0.2, 0.25) is 20.1 Å². The molecule has 0 bridgehead atoms. The molecule has 2 amide bonds. The van der Waals surface area contributed by atoms with Gasteiger partial charge in [-0.15, -0.1) is 6.58 Å². The number of benzene rings is 2. The Balaban J connectivity index is 1.84. The highest BCUT2D eigenvalue weighted by Gasteiger charge is 2.32. The van der Waals surface area contributed by atoms with E-state index in [2.05, 4.69) is 11.9 Å². The summed E-state index contributed by atoms with van der Waals surface area (Å²) >= 11 is 29.6. The number of thiocarbonyl (C=S) groups is 1. The molecule has 0 unspecified atom stereocenters. The molecule has 0 spiro atoms. The Bertz CT molecular complexity index is 1110. The third kappa shape index (κ3) is 5.40. The lowest BCUT2D eigenvalue weighted by molar-refractivity contribution is -0.128. The minimum Gasteiger partial charge on any atom is -0.486 e. The summed E-state index contributed by atoms with van der Waals surface area (Å²) in [7, 11) is 0. The second-order valence-electron chi connectivity index (χ2n) is 6.37. The summed E-state index contributed by atoms with van der Waals surface area (Å²) in [6.45, 7) is 3.91. The number of amides is 2. The van der Waals surface area contributed by atoms with E-state index in [1.165, 1.54) is 29.2 Å². The number of rotatable bonds is 6.